The van der Waals surface area contributed by atoms with Crippen LogP contribution >= 0.6 is 47.2 Å². The van der Waals surface area contributed by atoms with E-state index in [1.54, 1.807) is 24.3 Å². The van der Waals surface area contributed by atoms with Gasteiger partial charge in [-0.2, -0.15) is 0 Å². The molecule has 1 amide bonds. The van der Waals surface area contributed by atoms with E-state index in [4.69, 9.17) is 40.2 Å². The third kappa shape index (κ3) is 5.55. The molecule has 0 radical (unpaired) electrons. The molecule has 30 heavy (non-hydrogen) atoms. The highest BCUT2D eigenvalue weighted by molar-refractivity contribution is 8.26. The fourth-order valence-corrected chi connectivity index (χ4v) is 4.43. The summed E-state index contributed by atoms with van der Waals surface area (Å²) in [5, 5.41) is 1.07. The molecule has 0 aromatic heterocycles. The number of amides is 1. The number of hydrogen-bond acceptors (Lipinski definition) is 6. The number of esters is 1. The summed E-state index contributed by atoms with van der Waals surface area (Å²) < 4.78 is 11.0. The molecule has 0 unspecified atom stereocenters. The van der Waals surface area contributed by atoms with Crippen molar-refractivity contribution in [3.05, 3.63) is 68.5 Å². The minimum Gasteiger partial charge on any atom is -0.488 e. The predicted octanol–water partition coefficient (Wildman–Crippen LogP) is 5.34. The number of hydrogen-bond donors (Lipinski definition) is 0. The van der Waals surface area contributed by atoms with E-state index in [2.05, 4.69) is 4.74 Å². The predicted molar refractivity (Wildman–Crippen MR) is 124 cm³/mol. The number of para-hydroxylation sites is 1. The summed E-state index contributed by atoms with van der Waals surface area (Å²) in [6, 6.07) is 12.6. The number of thiocarbonyl (C=S) groups is 1. The van der Waals surface area contributed by atoms with Gasteiger partial charge < -0.3 is 9.47 Å². The fourth-order valence-electron chi connectivity index (χ4n) is 2.66. The van der Waals surface area contributed by atoms with E-state index < -0.39 is 5.97 Å². The number of rotatable bonds is 7. The van der Waals surface area contributed by atoms with E-state index in [1.165, 1.54) is 23.8 Å². The van der Waals surface area contributed by atoms with Crippen LogP contribution in [0.1, 0.15) is 17.5 Å². The lowest BCUT2D eigenvalue weighted by Gasteiger charge is -2.13. The summed E-state index contributed by atoms with van der Waals surface area (Å²) in [5.74, 6) is -0.0413. The van der Waals surface area contributed by atoms with Gasteiger partial charge >= 0.3 is 5.97 Å². The van der Waals surface area contributed by atoms with Crippen molar-refractivity contribution < 1.29 is 19.1 Å². The molecule has 1 aliphatic heterocycles. The van der Waals surface area contributed by atoms with Crippen LogP contribution in [0.15, 0.2) is 47.4 Å². The maximum absolute atomic E-state index is 12.7. The van der Waals surface area contributed by atoms with Crippen molar-refractivity contribution in [2.24, 2.45) is 0 Å². The number of carbonyl (C=O) groups excluding carboxylic acids is 2. The zero-order chi connectivity index (χ0) is 21.7. The highest BCUT2D eigenvalue weighted by Gasteiger charge is 2.32. The van der Waals surface area contributed by atoms with Crippen LogP contribution in [0, 0.1) is 0 Å². The van der Waals surface area contributed by atoms with E-state index in [9.17, 15) is 9.59 Å². The highest BCUT2D eigenvalue weighted by atomic mass is 35.5. The maximum Gasteiger partial charge on any atom is 0.307 e. The minimum absolute atomic E-state index is 0.0811. The van der Waals surface area contributed by atoms with Crippen molar-refractivity contribution in [2.75, 3.05) is 13.7 Å². The standard InChI is InChI=1S/C21H17Cl2NO4S2/c1-27-19(25)8-9-24-20(26)18(30-21(24)29)10-13-4-2-3-5-17(13)28-12-14-6-7-15(22)11-16(14)23/h2-7,10-11H,8-9,12H2,1H3/b18-10+. The molecular formula is C21H17Cl2NO4S2. The van der Waals surface area contributed by atoms with Crippen molar-refractivity contribution >= 4 is 69.5 Å². The lowest BCUT2D eigenvalue weighted by atomic mass is 10.1. The summed E-state index contributed by atoms with van der Waals surface area (Å²) >= 11 is 18.6. The van der Waals surface area contributed by atoms with Gasteiger partial charge in [-0.05, 0) is 24.3 Å². The Morgan fingerprint density at radius 2 is 2.00 bits per heavy atom. The normalized spacial score (nSPS) is 15.0. The van der Waals surface area contributed by atoms with E-state index in [0.717, 1.165) is 11.1 Å². The Balaban J connectivity index is 1.75. The van der Waals surface area contributed by atoms with Crippen molar-refractivity contribution in [2.45, 2.75) is 13.0 Å². The molecule has 1 heterocycles. The Hall–Kier alpha value is -2.06. The Morgan fingerprint density at radius 1 is 1.23 bits per heavy atom. The van der Waals surface area contributed by atoms with Crippen LogP contribution < -0.4 is 4.74 Å². The van der Waals surface area contributed by atoms with Gasteiger partial charge in [0.1, 0.15) is 16.7 Å². The smallest absolute Gasteiger partial charge is 0.307 e. The zero-order valence-electron chi connectivity index (χ0n) is 15.9. The van der Waals surface area contributed by atoms with Gasteiger partial charge in [0, 0.05) is 27.7 Å². The molecule has 0 spiro atoms. The van der Waals surface area contributed by atoms with Crippen LogP contribution in [0.25, 0.3) is 6.08 Å². The van der Waals surface area contributed by atoms with Crippen LogP contribution in [0.4, 0.5) is 0 Å². The largest absolute Gasteiger partial charge is 0.488 e. The summed E-state index contributed by atoms with van der Waals surface area (Å²) in [4.78, 5) is 26.0. The molecule has 1 fully saturated rings. The van der Waals surface area contributed by atoms with Crippen LogP contribution in [0.5, 0.6) is 5.75 Å². The third-order valence-electron chi connectivity index (χ3n) is 4.24. The van der Waals surface area contributed by atoms with Gasteiger partial charge in [-0.3, -0.25) is 14.5 Å². The number of thioether (sulfide) groups is 1. The maximum atomic E-state index is 12.7. The van der Waals surface area contributed by atoms with Crippen LogP contribution in [-0.2, 0) is 20.9 Å². The Labute approximate surface area is 193 Å². The van der Waals surface area contributed by atoms with Gasteiger partial charge in [0.25, 0.3) is 5.91 Å². The zero-order valence-corrected chi connectivity index (χ0v) is 19.0. The molecular weight excluding hydrogens is 465 g/mol. The molecule has 0 saturated carbocycles. The first-order chi connectivity index (χ1) is 14.4. The third-order valence-corrected chi connectivity index (χ3v) is 6.21. The molecule has 0 N–H and O–H groups in total. The van der Waals surface area contributed by atoms with Gasteiger partial charge in [0.15, 0.2) is 0 Å². The molecule has 2 aromatic carbocycles. The first kappa shape index (κ1) is 22.6. The molecule has 3 rings (SSSR count). The summed E-state index contributed by atoms with van der Waals surface area (Å²) in [7, 11) is 1.31. The van der Waals surface area contributed by atoms with E-state index in [0.29, 0.717) is 25.0 Å². The van der Waals surface area contributed by atoms with Gasteiger partial charge in [0.2, 0.25) is 0 Å². The second-order valence-electron chi connectivity index (χ2n) is 6.22. The molecule has 1 saturated heterocycles. The van der Waals surface area contributed by atoms with Crippen LogP contribution in [-0.4, -0.2) is 34.8 Å². The van der Waals surface area contributed by atoms with Gasteiger partial charge in [-0.1, -0.05) is 71.4 Å². The molecule has 156 valence electrons. The first-order valence-corrected chi connectivity index (χ1v) is 10.8. The molecule has 0 atom stereocenters. The Kier molecular flexibility index (Phi) is 7.77. The van der Waals surface area contributed by atoms with Crippen LogP contribution in [0.3, 0.4) is 0 Å². The molecule has 5 nitrogen and oxygen atoms in total. The Bertz CT molecular complexity index is 1030. The second-order valence-corrected chi connectivity index (χ2v) is 8.74. The number of halogens is 2. The highest BCUT2D eigenvalue weighted by Crippen LogP contribution is 2.34. The number of benzene rings is 2. The van der Waals surface area contributed by atoms with Crippen LogP contribution in [0.2, 0.25) is 10.0 Å². The van der Waals surface area contributed by atoms with E-state index >= 15 is 0 Å². The number of methoxy groups -OCH3 is 1. The van der Waals surface area contributed by atoms with Crippen molar-refractivity contribution in [3.8, 4) is 5.75 Å². The average molecular weight is 482 g/mol. The van der Waals surface area contributed by atoms with Gasteiger partial charge in [0.05, 0.1) is 18.4 Å². The molecule has 0 aliphatic carbocycles. The quantitative estimate of drug-likeness (QED) is 0.302. The minimum atomic E-state index is -0.396. The monoisotopic (exact) mass is 481 g/mol. The molecule has 9 heteroatoms. The van der Waals surface area contributed by atoms with E-state index in [-0.39, 0.29) is 25.5 Å². The van der Waals surface area contributed by atoms with E-state index in [1.807, 2.05) is 24.3 Å². The van der Waals surface area contributed by atoms with Crippen molar-refractivity contribution in [1.29, 1.82) is 0 Å². The number of ether oxygens (including phenoxy) is 2. The molecule has 1 aliphatic rings. The SMILES string of the molecule is COC(=O)CCN1C(=O)/C(=C\c2ccccc2OCc2ccc(Cl)cc2Cl)SC1=S. The topological polar surface area (TPSA) is 55.8 Å². The van der Waals surface area contributed by atoms with Gasteiger partial charge in [-0.25, -0.2) is 0 Å². The van der Waals surface area contributed by atoms with Crippen molar-refractivity contribution in [1.82, 2.24) is 4.90 Å². The fraction of sp³-hybridized carbons (Fsp3) is 0.190. The summed E-state index contributed by atoms with van der Waals surface area (Å²) in [5.41, 5.74) is 1.53. The summed E-state index contributed by atoms with van der Waals surface area (Å²) in [6.07, 6.45) is 1.81. The molecule has 0 bridgehead atoms. The Morgan fingerprint density at radius 3 is 2.73 bits per heavy atom. The number of carbonyl (C=O) groups is 2. The first-order valence-electron chi connectivity index (χ1n) is 8.87. The lowest BCUT2D eigenvalue weighted by molar-refractivity contribution is -0.140. The van der Waals surface area contributed by atoms with Crippen molar-refractivity contribution in [3.63, 3.8) is 0 Å². The van der Waals surface area contributed by atoms with Gasteiger partial charge in [-0.15, -0.1) is 0 Å². The summed E-state index contributed by atoms with van der Waals surface area (Å²) in [6.45, 7) is 0.433. The molecule has 2 aromatic rings. The second kappa shape index (κ2) is 10.3. The average Bonchev–Trinajstić information content (AvgIpc) is 2.99. The number of nitrogens with zero attached hydrogens (tertiary/aromatic N) is 1. The lowest BCUT2D eigenvalue weighted by Crippen LogP contribution is -2.30.